The van der Waals surface area contributed by atoms with Crippen LogP contribution in [0.5, 0.6) is 0 Å². The summed E-state index contributed by atoms with van der Waals surface area (Å²) < 4.78 is 0.566. The quantitative estimate of drug-likeness (QED) is 0.275. The Morgan fingerprint density at radius 3 is 2.80 bits per heavy atom. The summed E-state index contributed by atoms with van der Waals surface area (Å²) in [5.74, 6) is 0.344. The van der Waals surface area contributed by atoms with E-state index in [9.17, 15) is 14.9 Å². The Labute approximate surface area is 157 Å². The molecular formula is C18H22N2O3S2. The van der Waals surface area contributed by atoms with E-state index in [4.69, 9.17) is 12.2 Å². The molecule has 0 unspecified atom stereocenters. The van der Waals surface area contributed by atoms with Crippen molar-refractivity contribution in [2.45, 2.75) is 39.5 Å². The molecule has 0 radical (unpaired) electrons. The number of non-ortho nitro benzene ring substituents is 1. The average Bonchev–Trinajstić information content (AvgIpc) is 2.85. The number of benzene rings is 1. The molecule has 0 aromatic heterocycles. The molecule has 1 aromatic carbocycles. The monoisotopic (exact) mass is 378 g/mol. The first kappa shape index (κ1) is 19.6. The zero-order valence-corrected chi connectivity index (χ0v) is 16.1. The number of nitrogens with zero attached hydrogens (tertiary/aromatic N) is 2. The molecule has 0 N–H and O–H groups in total. The third-order valence-electron chi connectivity index (χ3n) is 4.24. The van der Waals surface area contributed by atoms with Gasteiger partial charge in [-0.25, -0.2) is 0 Å². The fourth-order valence-electron chi connectivity index (χ4n) is 2.71. The molecule has 0 spiro atoms. The predicted molar refractivity (Wildman–Crippen MR) is 106 cm³/mol. The van der Waals surface area contributed by atoms with Crippen LogP contribution in [0.2, 0.25) is 0 Å². The van der Waals surface area contributed by atoms with Gasteiger partial charge in [0.2, 0.25) is 0 Å². The third-order valence-corrected chi connectivity index (χ3v) is 5.61. The Morgan fingerprint density at radius 1 is 1.40 bits per heavy atom. The second-order valence-corrected chi connectivity index (χ2v) is 7.74. The van der Waals surface area contributed by atoms with Gasteiger partial charge < -0.3 is 0 Å². The Balaban J connectivity index is 2.14. The minimum Gasteiger partial charge on any atom is -0.293 e. The van der Waals surface area contributed by atoms with Crippen molar-refractivity contribution in [1.82, 2.24) is 4.90 Å². The van der Waals surface area contributed by atoms with Crippen molar-refractivity contribution < 1.29 is 9.72 Å². The Hall–Kier alpha value is -1.73. The van der Waals surface area contributed by atoms with E-state index < -0.39 is 4.92 Å². The molecule has 0 saturated carbocycles. The van der Waals surface area contributed by atoms with Gasteiger partial charge in [-0.05, 0) is 24.0 Å². The van der Waals surface area contributed by atoms with Gasteiger partial charge in [-0.15, -0.1) is 0 Å². The molecule has 7 heteroatoms. The van der Waals surface area contributed by atoms with Gasteiger partial charge in [0.15, 0.2) is 0 Å². The van der Waals surface area contributed by atoms with Crippen LogP contribution in [0, 0.1) is 16.0 Å². The van der Waals surface area contributed by atoms with Gasteiger partial charge in [-0.3, -0.25) is 19.8 Å². The normalized spacial score (nSPS) is 17.4. The minimum atomic E-state index is -0.442. The molecule has 0 aliphatic carbocycles. The fraction of sp³-hybridized carbons (Fsp3) is 0.444. The summed E-state index contributed by atoms with van der Waals surface area (Å²) in [5.41, 5.74) is 0.641. The highest BCUT2D eigenvalue weighted by Crippen LogP contribution is 2.34. The predicted octanol–water partition coefficient (Wildman–Crippen LogP) is 5.01. The maximum Gasteiger partial charge on any atom is 0.270 e. The molecule has 0 bridgehead atoms. The number of carbonyl (C=O) groups excluding carboxylic acids is 1. The molecule has 2 rings (SSSR count). The number of thiocarbonyl (C=S) groups is 1. The van der Waals surface area contributed by atoms with E-state index in [1.807, 2.05) is 0 Å². The molecule has 25 heavy (non-hydrogen) atoms. The van der Waals surface area contributed by atoms with E-state index in [0.717, 1.165) is 25.7 Å². The van der Waals surface area contributed by atoms with E-state index in [1.165, 1.54) is 23.9 Å². The highest BCUT2D eigenvalue weighted by atomic mass is 32.2. The van der Waals surface area contributed by atoms with Crippen LogP contribution in [0.3, 0.4) is 0 Å². The second-order valence-electron chi connectivity index (χ2n) is 6.06. The number of nitro benzene ring substituents is 1. The minimum absolute atomic E-state index is 0.00911. The van der Waals surface area contributed by atoms with Crippen molar-refractivity contribution >= 4 is 46.0 Å². The topological polar surface area (TPSA) is 63.5 Å². The molecule has 1 aromatic rings. The zero-order valence-electron chi connectivity index (χ0n) is 14.4. The largest absolute Gasteiger partial charge is 0.293 e. The second kappa shape index (κ2) is 9.10. The number of amides is 1. The number of carbonyl (C=O) groups is 1. The molecule has 1 amide bonds. The third kappa shape index (κ3) is 5.12. The standard InChI is InChI=1S/C18H22N2O3S2/c1-3-5-7-13(4-2)12-19-17(21)16(25-18(19)24)11-14-8-6-9-15(10-14)20(22)23/h6,8-11,13H,3-5,7,12H2,1-2H3/b16-11-/t13-/m1/s1. The lowest BCUT2D eigenvalue weighted by atomic mass is 9.99. The van der Waals surface area contributed by atoms with Crippen LogP contribution in [0.1, 0.15) is 45.1 Å². The van der Waals surface area contributed by atoms with Crippen LogP contribution in [0.15, 0.2) is 29.2 Å². The van der Waals surface area contributed by atoms with Gasteiger partial charge in [0.05, 0.1) is 9.83 Å². The summed E-state index contributed by atoms with van der Waals surface area (Å²) in [6.45, 7) is 4.94. The van der Waals surface area contributed by atoms with Crippen LogP contribution in [-0.4, -0.2) is 26.6 Å². The number of thioether (sulfide) groups is 1. The van der Waals surface area contributed by atoms with E-state index in [1.54, 1.807) is 23.1 Å². The van der Waals surface area contributed by atoms with Gasteiger partial charge in [-0.1, -0.05) is 69.2 Å². The van der Waals surface area contributed by atoms with Crippen molar-refractivity contribution in [2.24, 2.45) is 5.92 Å². The summed E-state index contributed by atoms with van der Waals surface area (Å²) in [7, 11) is 0. The molecule has 1 aliphatic rings. The van der Waals surface area contributed by atoms with Crippen molar-refractivity contribution in [3.63, 3.8) is 0 Å². The summed E-state index contributed by atoms with van der Waals surface area (Å²) in [6.07, 6.45) is 6.08. The highest BCUT2D eigenvalue weighted by molar-refractivity contribution is 8.26. The molecule has 5 nitrogen and oxygen atoms in total. The van der Waals surface area contributed by atoms with Crippen LogP contribution < -0.4 is 0 Å². The first-order valence-corrected chi connectivity index (χ1v) is 9.68. The van der Waals surface area contributed by atoms with E-state index in [-0.39, 0.29) is 11.6 Å². The summed E-state index contributed by atoms with van der Waals surface area (Å²) in [5, 5.41) is 10.9. The first-order chi connectivity index (χ1) is 12.0. The summed E-state index contributed by atoms with van der Waals surface area (Å²) in [4.78, 5) is 25.3. The van der Waals surface area contributed by atoms with E-state index in [0.29, 0.717) is 27.3 Å². The lowest BCUT2D eigenvalue weighted by molar-refractivity contribution is -0.384. The van der Waals surface area contributed by atoms with Gasteiger partial charge >= 0.3 is 0 Å². The Morgan fingerprint density at radius 2 is 2.16 bits per heavy atom. The molecule has 1 fully saturated rings. The molecule has 1 atom stereocenters. The fourth-order valence-corrected chi connectivity index (χ4v) is 3.99. The average molecular weight is 379 g/mol. The van der Waals surface area contributed by atoms with Crippen LogP contribution in [0.4, 0.5) is 5.69 Å². The SMILES string of the molecule is CCCC[C@@H](CC)CN1C(=O)/C(=C/c2cccc([N+](=O)[O-])c2)SC1=S. The van der Waals surface area contributed by atoms with Crippen molar-refractivity contribution in [3.8, 4) is 0 Å². The lowest BCUT2D eigenvalue weighted by Gasteiger charge is -2.21. The van der Waals surface area contributed by atoms with Crippen LogP contribution >= 0.6 is 24.0 Å². The van der Waals surface area contributed by atoms with Crippen LogP contribution in [-0.2, 0) is 4.79 Å². The van der Waals surface area contributed by atoms with Crippen molar-refractivity contribution in [1.29, 1.82) is 0 Å². The van der Waals surface area contributed by atoms with Crippen LogP contribution in [0.25, 0.3) is 6.08 Å². The number of hydrogen-bond donors (Lipinski definition) is 0. The lowest BCUT2D eigenvalue weighted by Crippen LogP contribution is -2.33. The number of nitro groups is 1. The summed E-state index contributed by atoms with van der Waals surface area (Å²) in [6, 6.07) is 6.25. The Bertz CT molecular complexity index is 703. The maximum atomic E-state index is 12.7. The number of rotatable bonds is 8. The molecule has 1 saturated heterocycles. The number of hydrogen-bond acceptors (Lipinski definition) is 5. The van der Waals surface area contributed by atoms with Gasteiger partial charge in [0.25, 0.3) is 11.6 Å². The molecule has 134 valence electrons. The first-order valence-electron chi connectivity index (χ1n) is 8.46. The Kier molecular flexibility index (Phi) is 7.13. The smallest absolute Gasteiger partial charge is 0.270 e. The van der Waals surface area contributed by atoms with Crippen molar-refractivity contribution in [2.75, 3.05) is 6.54 Å². The number of unbranched alkanes of at least 4 members (excludes halogenated alkanes) is 1. The molecule has 1 aliphatic heterocycles. The van der Waals surface area contributed by atoms with Gasteiger partial charge in [0, 0.05) is 18.7 Å². The van der Waals surface area contributed by atoms with Crippen molar-refractivity contribution in [3.05, 3.63) is 44.8 Å². The summed E-state index contributed by atoms with van der Waals surface area (Å²) >= 11 is 6.64. The van der Waals surface area contributed by atoms with E-state index >= 15 is 0 Å². The zero-order chi connectivity index (χ0) is 18.4. The molecule has 1 heterocycles. The van der Waals surface area contributed by atoms with E-state index in [2.05, 4.69) is 13.8 Å². The maximum absolute atomic E-state index is 12.7. The molecular weight excluding hydrogens is 356 g/mol. The highest BCUT2D eigenvalue weighted by Gasteiger charge is 2.33. The van der Waals surface area contributed by atoms with Gasteiger partial charge in [-0.2, -0.15) is 0 Å². The van der Waals surface area contributed by atoms with Gasteiger partial charge in [0.1, 0.15) is 4.32 Å².